The molecule has 0 amide bonds. The van der Waals surface area contributed by atoms with Crippen LogP contribution in [0.1, 0.15) is 48.4 Å². The van der Waals surface area contributed by atoms with Gasteiger partial charge in [0, 0.05) is 29.8 Å². The molecule has 3 aromatic rings. The van der Waals surface area contributed by atoms with Crippen molar-refractivity contribution in [1.29, 1.82) is 0 Å². The quantitative estimate of drug-likeness (QED) is 0.803. The van der Waals surface area contributed by atoms with Crippen LogP contribution in [-0.2, 0) is 6.42 Å². The van der Waals surface area contributed by atoms with E-state index in [2.05, 4.69) is 34.1 Å². The Hall–Kier alpha value is -2.50. The molecule has 0 bridgehead atoms. The Balaban J connectivity index is 2.06. The molecule has 3 aromatic heterocycles. The number of pyridine rings is 1. The molecule has 3 heterocycles. The zero-order valence-corrected chi connectivity index (χ0v) is 13.3. The molecule has 22 heavy (non-hydrogen) atoms. The number of aromatic amines is 1. The molecule has 0 spiro atoms. The molecule has 0 atom stereocenters. The molecule has 114 valence electrons. The van der Waals surface area contributed by atoms with Gasteiger partial charge in [-0.1, -0.05) is 19.9 Å². The molecule has 0 aromatic carbocycles. The summed E-state index contributed by atoms with van der Waals surface area (Å²) in [7, 11) is 0. The van der Waals surface area contributed by atoms with Gasteiger partial charge in [-0.3, -0.25) is 5.10 Å². The molecule has 6 nitrogen and oxygen atoms in total. The van der Waals surface area contributed by atoms with Gasteiger partial charge in [0.2, 0.25) is 0 Å². The van der Waals surface area contributed by atoms with E-state index >= 15 is 0 Å². The van der Waals surface area contributed by atoms with Crippen molar-refractivity contribution in [3.05, 3.63) is 53.0 Å². The Morgan fingerprint density at radius 2 is 2.05 bits per heavy atom. The maximum absolute atomic E-state index is 4.71. The van der Waals surface area contributed by atoms with E-state index in [1.165, 1.54) is 5.56 Å². The van der Waals surface area contributed by atoms with Crippen molar-refractivity contribution in [3.8, 4) is 5.82 Å². The summed E-state index contributed by atoms with van der Waals surface area (Å²) in [6.07, 6.45) is 2.45. The zero-order valence-electron chi connectivity index (χ0n) is 13.3. The molecule has 0 radical (unpaired) electrons. The summed E-state index contributed by atoms with van der Waals surface area (Å²) in [4.78, 5) is 9.11. The molecule has 0 aliphatic rings. The van der Waals surface area contributed by atoms with E-state index in [1.54, 1.807) is 6.20 Å². The normalized spacial score (nSPS) is 11.3. The number of hydrogen-bond donors (Lipinski definition) is 1. The van der Waals surface area contributed by atoms with Crippen molar-refractivity contribution < 1.29 is 0 Å². The Morgan fingerprint density at radius 1 is 1.23 bits per heavy atom. The lowest BCUT2D eigenvalue weighted by Crippen LogP contribution is -2.06. The third-order valence-corrected chi connectivity index (χ3v) is 3.69. The lowest BCUT2D eigenvalue weighted by molar-refractivity contribution is 0.738. The minimum Gasteiger partial charge on any atom is -0.282 e. The molecular formula is C16H20N6. The van der Waals surface area contributed by atoms with E-state index in [0.717, 1.165) is 28.9 Å². The van der Waals surface area contributed by atoms with Gasteiger partial charge < -0.3 is 0 Å². The van der Waals surface area contributed by atoms with Crippen LogP contribution in [-0.4, -0.2) is 29.9 Å². The molecule has 0 fully saturated rings. The maximum atomic E-state index is 4.71. The molecule has 1 N–H and O–H groups in total. The molecule has 0 saturated carbocycles. The summed E-state index contributed by atoms with van der Waals surface area (Å²) < 4.78 is 1.83. The predicted molar refractivity (Wildman–Crippen MR) is 84.1 cm³/mol. The predicted octanol–water partition coefficient (Wildman–Crippen LogP) is 2.72. The van der Waals surface area contributed by atoms with Crippen molar-refractivity contribution >= 4 is 0 Å². The second kappa shape index (κ2) is 5.71. The molecule has 0 aliphatic carbocycles. The van der Waals surface area contributed by atoms with Crippen LogP contribution in [0.15, 0.2) is 24.4 Å². The number of nitrogens with zero attached hydrogens (tertiary/aromatic N) is 5. The Morgan fingerprint density at radius 3 is 2.64 bits per heavy atom. The number of aromatic nitrogens is 6. The van der Waals surface area contributed by atoms with Gasteiger partial charge >= 0.3 is 0 Å². The lowest BCUT2D eigenvalue weighted by atomic mass is 10.1. The van der Waals surface area contributed by atoms with Gasteiger partial charge in [-0.05, 0) is 26.0 Å². The summed E-state index contributed by atoms with van der Waals surface area (Å²) in [5, 5.41) is 11.9. The fourth-order valence-corrected chi connectivity index (χ4v) is 2.38. The minimum atomic E-state index is 0.273. The van der Waals surface area contributed by atoms with Crippen LogP contribution in [0, 0.1) is 13.8 Å². The first kappa shape index (κ1) is 14.4. The highest BCUT2D eigenvalue weighted by Gasteiger charge is 2.17. The van der Waals surface area contributed by atoms with Crippen LogP contribution in [0.2, 0.25) is 0 Å². The third-order valence-electron chi connectivity index (χ3n) is 3.69. The van der Waals surface area contributed by atoms with Gasteiger partial charge in [-0.15, -0.1) is 5.10 Å². The molecule has 6 heteroatoms. The highest BCUT2D eigenvalue weighted by Crippen LogP contribution is 2.19. The van der Waals surface area contributed by atoms with Crippen molar-refractivity contribution in [3.63, 3.8) is 0 Å². The largest absolute Gasteiger partial charge is 0.282 e. The van der Waals surface area contributed by atoms with Crippen LogP contribution >= 0.6 is 0 Å². The summed E-state index contributed by atoms with van der Waals surface area (Å²) in [5.41, 5.74) is 3.23. The summed E-state index contributed by atoms with van der Waals surface area (Å²) in [6, 6.07) is 5.79. The van der Waals surface area contributed by atoms with Gasteiger partial charge in [0.05, 0.1) is 5.69 Å². The Bertz CT molecular complexity index is 750. The average molecular weight is 296 g/mol. The number of rotatable bonds is 4. The van der Waals surface area contributed by atoms with Crippen LogP contribution in [0.3, 0.4) is 0 Å². The van der Waals surface area contributed by atoms with Crippen LogP contribution < -0.4 is 0 Å². The van der Waals surface area contributed by atoms with Crippen LogP contribution in [0.5, 0.6) is 0 Å². The van der Waals surface area contributed by atoms with E-state index in [-0.39, 0.29) is 5.92 Å². The first-order valence-corrected chi connectivity index (χ1v) is 7.44. The third kappa shape index (κ3) is 2.64. The first-order valence-electron chi connectivity index (χ1n) is 7.44. The van der Waals surface area contributed by atoms with E-state index in [0.29, 0.717) is 6.42 Å². The fraction of sp³-hybridized carbons (Fsp3) is 0.375. The highest BCUT2D eigenvalue weighted by molar-refractivity contribution is 5.30. The molecule has 3 rings (SSSR count). The van der Waals surface area contributed by atoms with Crippen LogP contribution in [0.25, 0.3) is 5.82 Å². The second-order valence-electron chi connectivity index (χ2n) is 5.73. The van der Waals surface area contributed by atoms with Gasteiger partial charge in [-0.2, -0.15) is 9.78 Å². The van der Waals surface area contributed by atoms with E-state index < -0.39 is 0 Å². The molecular weight excluding hydrogens is 276 g/mol. The SMILES string of the molecule is Cc1n[nH]c(C)c1Cc1nc(C(C)C)nn1-c1ccccn1. The van der Waals surface area contributed by atoms with Crippen molar-refractivity contribution in [2.24, 2.45) is 0 Å². The summed E-state index contributed by atoms with van der Waals surface area (Å²) in [6.45, 7) is 8.22. The number of aryl methyl sites for hydroxylation is 2. The topological polar surface area (TPSA) is 72.3 Å². The molecule has 0 saturated heterocycles. The van der Waals surface area contributed by atoms with E-state index in [1.807, 2.05) is 36.7 Å². The highest BCUT2D eigenvalue weighted by atomic mass is 15.4. The lowest BCUT2D eigenvalue weighted by Gasteiger charge is -2.05. The second-order valence-corrected chi connectivity index (χ2v) is 5.73. The van der Waals surface area contributed by atoms with Crippen molar-refractivity contribution in [2.45, 2.75) is 40.0 Å². The standard InChI is InChI=1S/C16H20N6/c1-10(2)16-18-15(9-13-11(3)19-20-12(13)4)22(21-16)14-7-5-6-8-17-14/h5-8,10H,9H2,1-4H3,(H,19,20). The number of hydrogen-bond acceptors (Lipinski definition) is 4. The van der Waals surface area contributed by atoms with Crippen molar-refractivity contribution in [2.75, 3.05) is 0 Å². The van der Waals surface area contributed by atoms with E-state index in [9.17, 15) is 0 Å². The van der Waals surface area contributed by atoms with Crippen LogP contribution in [0.4, 0.5) is 0 Å². The average Bonchev–Trinajstić information content (AvgIpc) is 3.07. The molecule has 0 aliphatic heterocycles. The number of nitrogens with one attached hydrogen (secondary N) is 1. The van der Waals surface area contributed by atoms with Gasteiger partial charge in [0.25, 0.3) is 0 Å². The smallest absolute Gasteiger partial charge is 0.155 e. The van der Waals surface area contributed by atoms with E-state index in [4.69, 9.17) is 4.98 Å². The Kier molecular flexibility index (Phi) is 3.75. The fourth-order valence-electron chi connectivity index (χ4n) is 2.38. The van der Waals surface area contributed by atoms with Gasteiger partial charge in [0.15, 0.2) is 11.6 Å². The maximum Gasteiger partial charge on any atom is 0.155 e. The minimum absolute atomic E-state index is 0.273. The summed E-state index contributed by atoms with van der Waals surface area (Å²) in [5.74, 6) is 2.78. The Labute approximate surface area is 129 Å². The monoisotopic (exact) mass is 296 g/mol. The number of H-pyrrole nitrogens is 1. The molecule has 0 unspecified atom stereocenters. The van der Waals surface area contributed by atoms with Gasteiger partial charge in [0.1, 0.15) is 5.82 Å². The van der Waals surface area contributed by atoms with Crippen molar-refractivity contribution in [1.82, 2.24) is 29.9 Å². The van der Waals surface area contributed by atoms with Gasteiger partial charge in [-0.25, -0.2) is 9.97 Å². The first-order chi connectivity index (χ1) is 10.6. The summed E-state index contributed by atoms with van der Waals surface area (Å²) >= 11 is 0. The zero-order chi connectivity index (χ0) is 15.7.